The van der Waals surface area contributed by atoms with Gasteiger partial charge in [0.1, 0.15) is 22.7 Å². The molecule has 0 bridgehead atoms. The van der Waals surface area contributed by atoms with Gasteiger partial charge in [-0.2, -0.15) is 0 Å². The van der Waals surface area contributed by atoms with Crippen molar-refractivity contribution in [2.24, 2.45) is 0 Å². The van der Waals surface area contributed by atoms with E-state index in [1.54, 1.807) is 27.7 Å². The van der Waals surface area contributed by atoms with Crippen LogP contribution in [0.5, 0.6) is 0 Å². The number of ether oxygens (including phenoxy) is 1. The molecule has 1 heterocycles. The highest BCUT2D eigenvalue weighted by molar-refractivity contribution is 5.90. The first-order chi connectivity index (χ1) is 6.86. The predicted octanol–water partition coefficient (Wildman–Crippen LogP) is 1.99. The Kier molecular flexibility index (Phi) is 3.19. The molecule has 84 valence electrons. The normalized spacial score (nSPS) is 11.5. The van der Waals surface area contributed by atoms with Crippen molar-refractivity contribution in [1.29, 1.82) is 0 Å². The first-order valence-electron chi connectivity index (χ1n) is 4.86. The highest BCUT2D eigenvalue weighted by Crippen LogP contribution is 2.25. The summed E-state index contributed by atoms with van der Waals surface area (Å²) in [5.74, 6) is 0.405. The Hall–Kier alpha value is -1.29. The van der Waals surface area contributed by atoms with Gasteiger partial charge in [0.2, 0.25) is 0 Å². The molecule has 0 aliphatic rings. The maximum absolute atomic E-state index is 11.4. The van der Waals surface area contributed by atoms with Crippen LogP contribution in [0.3, 0.4) is 0 Å². The van der Waals surface area contributed by atoms with E-state index >= 15 is 0 Å². The number of esters is 1. The topological polar surface area (TPSA) is 59.7 Å². The summed E-state index contributed by atoms with van der Waals surface area (Å²) in [4.78, 5) is 11.4. The van der Waals surface area contributed by atoms with Gasteiger partial charge in [0.25, 0.3) is 0 Å². The summed E-state index contributed by atoms with van der Waals surface area (Å²) < 4.78 is 10.1. The molecule has 0 aromatic carbocycles. The zero-order valence-electron chi connectivity index (χ0n) is 9.46. The SMILES string of the molecule is CCOC(=O)c1cc(C(C)(C)O)oc1C. The number of aryl methyl sites for hydroxylation is 1. The molecule has 0 saturated carbocycles. The van der Waals surface area contributed by atoms with Gasteiger partial charge < -0.3 is 14.3 Å². The molecule has 4 heteroatoms. The lowest BCUT2D eigenvalue weighted by molar-refractivity contribution is 0.0519. The molecule has 0 fully saturated rings. The van der Waals surface area contributed by atoms with Crippen molar-refractivity contribution in [2.75, 3.05) is 6.61 Å². The minimum atomic E-state index is -1.09. The molecular formula is C11H16O4. The van der Waals surface area contributed by atoms with Crippen LogP contribution in [-0.4, -0.2) is 17.7 Å². The van der Waals surface area contributed by atoms with Crippen LogP contribution >= 0.6 is 0 Å². The number of hydrogen-bond donors (Lipinski definition) is 1. The summed E-state index contributed by atoms with van der Waals surface area (Å²) in [7, 11) is 0. The standard InChI is InChI=1S/C11H16O4/c1-5-14-10(12)8-6-9(11(3,4)13)15-7(8)2/h6,13H,5H2,1-4H3. The molecule has 1 aromatic heterocycles. The van der Waals surface area contributed by atoms with Crippen molar-refractivity contribution in [1.82, 2.24) is 0 Å². The van der Waals surface area contributed by atoms with Crippen LogP contribution in [0.4, 0.5) is 0 Å². The number of carbonyl (C=O) groups excluding carboxylic acids is 1. The van der Waals surface area contributed by atoms with Crippen molar-refractivity contribution >= 4 is 5.97 Å². The summed E-state index contributed by atoms with van der Waals surface area (Å²) >= 11 is 0. The van der Waals surface area contributed by atoms with Gasteiger partial charge in [-0.3, -0.25) is 0 Å². The number of carbonyl (C=O) groups is 1. The second-order valence-electron chi connectivity index (χ2n) is 3.86. The Morgan fingerprint density at radius 1 is 1.60 bits per heavy atom. The molecule has 4 nitrogen and oxygen atoms in total. The van der Waals surface area contributed by atoms with Crippen LogP contribution in [0.2, 0.25) is 0 Å². The van der Waals surface area contributed by atoms with Crippen molar-refractivity contribution < 1.29 is 19.1 Å². The fraction of sp³-hybridized carbons (Fsp3) is 0.545. The molecule has 1 N–H and O–H groups in total. The maximum atomic E-state index is 11.4. The average Bonchev–Trinajstić information content (AvgIpc) is 2.47. The minimum absolute atomic E-state index is 0.321. The second-order valence-corrected chi connectivity index (χ2v) is 3.86. The number of aliphatic hydroxyl groups is 1. The zero-order valence-corrected chi connectivity index (χ0v) is 9.46. The quantitative estimate of drug-likeness (QED) is 0.778. The molecule has 0 spiro atoms. The third kappa shape index (κ3) is 2.59. The lowest BCUT2D eigenvalue weighted by atomic mass is 10.1. The van der Waals surface area contributed by atoms with Gasteiger partial charge in [0.15, 0.2) is 0 Å². The fourth-order valence-corrected chi connectivity index (χ4v) is 1.20. The Balaban J connectivity index is 3.02. The van der Waals surface area contributed by atoms with Gasteiger partial charge in [0.05, 0.1) is 6.61 Å². The van der Waals surface area contributed by atoms with E-state index in [9.17, 15) is 9.90 Å². The Morgan fingerprint density at radius 3 is 2.60 bits per heavy atom. The van der Waals surface area contributed by atoms with Gasteiger partial charge in [0, 0.05) is 0 Å². The first kappa shape index (κ1) is 11.8. The van der Waals surface area contributed by atoms with E-state index in [4.69, 9.17) is 9.15 Å². The third-order valence-electron chi connectivity index (χ3n) is 2.02. The molecule has 0 atom stereocenters. The smallest absolute Gasteiger partial charge is 0.341 e. The Morgan fingerprint density at radius 2 is 2.20 bits per heavy atom. The molecule has 0 amide bonds. The van der Waals surface area contributed by atoms with Crippen molar-refractivity contribution in [3.05, 3.63) is 23.2 Å². The average molecular weight is 212 g/mol. The van der Waals surface area contributed by atoms with Crippen LogP contribution in [0.25, 0.3) is 0 Å². The van der Waals surface area contributed by atoms with Crippen LogP contribution in [-0.2, 0) is 10.3 Å². The molecule has 1 aromatic rings. The van der Waals surface area contributed by atoms with Gasteiger partial charge >= 0.3 is 5.97 Å². The summed E-state index contributed by atoms with van der Waals surface area (Å²) in [6.07, 6.45) is 0. The predicted molar refractivity (Wildman–Crippen MR) is 54.6 cm³/mol. The Labute approximate surface area is 88.8 Å². The monoisotopic (exact) mass is 212 g/mol. The molecule has 0 aliphatic carbocycles. The van der Waals surface area contributed by atoms with Crippen molar-refractivity contribution in [3.8, 4) is 0 Å². The third-order valence-corrected chi connectivity index (χ3v) is 2.02. The summed E-state index contributed by atoms with van der Waals surface area (Å²) in [5.41, 5.74) is -0.718. The second kappa shape index (κ2) is 4.06. The van der Waals surface area contributed by atoms with Crippen LogP contribution in [0.1, 0.15) is 42.6 Å². The molecule has 0 aliphatic heterocycles. The van der Waals surface area contributed by atoms with Gasteiger partial charge in [-0.25, -0.2) is 4.79 Å². The van der Waals surface area contributed by atoms with E-state index in [0.717, 1.165) is 0 Å². The number of hydrogen-bond acceptors (Lipinski definition) is 4. The van der Waals surface area contributed by atoms with Crippen molar-refractivity contribution in [3.63, 3.8) is 0 Å². The van der Waals surface area contributed by atoms with E-state index in [-0.39, 0.29) is 0 Å². The van der Waals surface area contributed by atoms with Gasteiger partial charge in [-0.05, 0) is 33.8 Å². The van der Waals surface area contributed by atoms with E-state index in [1.807, 2.05) is 0 Å². The van der Waals surface area contributed by atoms with Crippen molar-refractivity contribution in [2.45, 2.75) is 33.3 Å². The highest BCUT2D eigenvalue weighted by atomic mass is 16.5. The van der Waals surface area contributed by atoms with Gasteiger partial charge in [-0.1, -0.05) is 0 Å². The number of furan rings is 1. The van der Waals surface area contributed by atoms with E-state index in [2.05, 4.69) is 0 Å². The minimum Gasteiger partial charge on any atom is -0.462 e. The molecule has 1 rings (SSSR count). The first-order valence-corrected chi connectivity index (χ1v) is 4.86. The fourth-order valence-electron chi connectivity index (χ4n) is 1.20. The molecule has 0 saturated heterocycles. The van der Waals surface area contributed by atoms with Crippen LogP contribution in [0, 0.1) is 6.92 Å². The lowest BCUT2D eigenvalue weighted by Crippen LogP contribution is -2.14. The number of rotatable bonds is 3. The van der Waals surface area contributed by atoms with E-state index in [0.29, 0.717) is 23.7 Å². The van der Waals surface area contributed by atoms with Crippen LogP contribution in [0.15, 0.2) is 10.5 Å². The highest BCUT2D eigenvalue weighted by Gasteiger charge is 2.25. The molecular weight excluding hydrogens is 196 g/mol. The lowest BCUT2D eigenvalue weighted by Gasteiger charge is -2.12. The largest absolute Gasteiger partial charge is 0.462 e. The zero-order chi connectivity index (χ0) is 11.6. The Bertz CT molecular complexity index is 357. The van der Waals surface area contributed by atoms with Gasteiger partial charge in [-0.15, -0.1) is 0 Å². The molecule has 15 heavy (non-hydrogen) atoms. The van der Waals surface area contributed by atoms with E-state index in [1.165, 1.54) is 6.07 Å². The summed E-state index contributed by atoms with van der Waals surface area (Å²) in [5, 5.41) is 9.69. The maximum Gasteiger partial charge on any atom is 0.341 e. The van der Waals surface area contributed by atoms with Crippen LogP contribution < -0.4 is 0 Å². The summed E-state index contributed by atoms with van der Waals surface area (Å²) in [6, 6.07) is 1.52. The van der Waals surface area contributed by atoms with E-state index < -0.39 is 11.6 Å². The molecule has 0 unspecified atom stereocenters. The molecule has 0 radical (unpaired) electrons. The summed E-state index contributed by atoms with van der Waals surface area (Å²) in [6.45, 7) is 6.92.